The van der Waals surface area contributed by atoms with E-state index in [0.29, 0.717) is 6.61 Å². The van der Waals surface area contributed by atoms with Crippen molar-refractivity contribution in [1.82, 2.24) is 0 Å². The number of hydrogen-bond donors (Lipinski definition) is 0. The van der Waals surface area contributed by atoms with Gasteiger partial charge in [-0.25, -0.2) is 0 Å². The van der Waals surface area contributed by atoms with Crippen LogP contribution in [0.15, 0.2) is 30.3 Å². The lowest BCUT2D eigenvalue weighted by molar-refractivity contribution is 0.297. The molecule has 0 bridgehead atoms. The highest BCUT2D eigenvalue weighted by Crippen LogP contribution is 2.19. The Morgan fingerprint density at radius 3 is 2.36 bits per heavy atom. The van der Waals surface area contributed by atoms with E-state index >= 15 is 0 Å². The van der Waals surface area contributed by atoms with Crippen LogP contribution in [0.3, 0.4) is 0 Å². The summed E-state index contributed by atoms with van der Waals surface area (Å²) in [4.78, 5) is 0. The molecule has 0 N–H and O–H groups in total. The normalized spacial score (nSPS) is 11.2. The molecule has 0 aliphatic carbocycles. The van der Waals surface area contributed by atoms with Crippen LogP contribution in [0.25, 0.3) is 5.76 Å². The summed E-state index contributed by atoms with van der Waals surface area (Å²) in [6.45, 7) is 4.63. The third kappa shape index (κ3) is 2.52. The first-order valence-electron chi connectivity index (χ1n) is 4.75. The molecule has 0 unspecified atom stereocenters. The van der Waals surface area contributed by atoms with E-state index in [2.05, 4.69) is 0 Å². The molecule has 2 heteroatoms. The average Bonchev–Trinajstić information content (AvgIpc) is 2.26. The smallest absolute Gasteiger partial charge is 0.122 e. The molecular formula is C12H16O2. The predicted octanol–water partition coefficient (Wildman–Crippen LogP) is 3.09. The summed E-state index contributed by atoms with van der Waals surface area (Å²) in [5, 5.41) is 0. The standard InChI is InChI=1S/C12H16O2/c1-4-12(14-5-2)10-6-8-11(13-3)9-7-10/h4,6-9H,5H2,1-3H3/b12-4+. The Bertz CT molecular complexity index is 299. The number of hydrogen-bond acceptors (Lipinski definition) is 2. The van der Waals surface area contributed by atoms with E-state index in [9.17, 15) is 0 Å². The first kappa shape index (κ1) is 10.6. The van der Waals surface area contributed by atoms with E-state index in [0.717, 1.165) is 17.1 Å². The molecule has 0 saturated heterocycles. The predicted molar refractivity (Wildman–Crippen MR) is 58.3 cm³/mol. The number of methoxy groups -OCH3 is 1. The van der Waals surface area contributed by atoms with E-state index in [4.69, 9.17) is 9.47 Å². The lowest BCUT2D eigenvalue weighted by atomic mass is 10.2. The molecule has 0 saturated carbocycles. The zero-order valence-corrected chi connectivity index (χ0v) is 8.91. The Hall–Kier alpha value is -1.44. The van der Waals surface area contributed by atoms with Gasteiger partial charge in [0.15, 0.2) is 0 Å². The molecule has 0 aliphatic heterocycles. The Morgan fingerprint density at radius 2 is 1.93 bits per heavy atom. The summed E-state index contributed by atoms with van der Waals surface area (Å²) in [5.41, 5.74) is 1.08. The molecule has 76 valence electrons. The summed E-state index contributed by atoms with van der Waals surface area (Å²) in [5.74, 6) is 1.77. The molecule has 0 radical (unpaired) electrons. The third-order valence-corrected chi connectivity index (χ3v) is 1.94. The van der Waals surface area contributed by atoms with Gasteiger partial charge >= 0.3 is 0 Å². The van der Waals surface area contributed by atoms with Gasteiger partial charge in [0, 0.05) is 5.56 Å². The summed E-state index contributed by atoms with van der Waals surface area (Å²) >= 11 is 0. The molecule has 0 aromatic heterocycles. The number of allylic oxidation sites excluding steroid dienone is 1. The fourth-order valence-corrected chi connectivity index (χ4v) is 1.24. The van der Waals surface area contributed by atoms with Gasteiger partial charge in [0.2, 0.25) is 0 Å². The number of benzene rings is 1. The minimum absolute atomic E-state index is 0.686. The van der Waals surface area contributed by atoms with E-state index in [1.807, 2.05) is 44.2 Å². The van der Waals surface area contributed by atoms with Crippen LogP contribution in [-0.4, -0.2) is 13.7 Å². The lowest BCUT2D eigenvalue weighted by Gasteiger charge is -2.08. The highest BCUT2D eigenvalue weighted by molar-refractivity contribution is 5.60. The van der Waals surface area contributed by atoms with Crippen molar-refractivity contribution in [2.75, 3.05) is 13.7 Å². The summed E-state index contributed by atoms with van der Waals surface area (Å²) in [6, 6.07) is 7.84. The third-order valence-electron chi connectivity index (χ3n) is 1.94. The molecule has 1 aromatic rings. The molecule has 0 heterocycles. The summed E-state index contributed by atoms with van der Waals surface area (Å²) in [7, 11) is 1.66. The minimum atomic E-state index is 0.686. The van der Waals surface area contributed by atoms with Crippen LogP contribution in [-0.2, 0) is 4.74 Å². The topological polar surface area (TPSA) is 18.5 Å². The Balaban J connectivity index is 2.84. The zero-order valence-electron chi connectivity index (χ0n) is 8.91. The van der Waals surface area contributed by atoms with Crippen molar-refractivity contribution in [3.8, 4) is 5.75 Å². The van der Waals surface area contributed by atoms with Crippen LogP contribution >= 0.6 is 0 Å². The molecule has 0 spiro atoms. The van der Waals surface area contributed by atoms with Crippen LogP contribution in [0.2, 0.25) is 0 Å². The second-order valence-electron chi connectivity index (χ2n) is 2.81. The maximum atomic E-state index is 5.47. The molecule has 0 amide bonds. The van der Waals surface area contributed by atoms with Crippen molar-refractivity contribution >= 4 is 5.76 Å². The summed E-state index contributed by atoms with van der Waals surface area (Å²) < 4.78 is 10.6. The lowest BCUT2D eigenvalue weighted by Crippen LogP contribution is -1.91. The molecule has 1 aromatic carbocycles. The fourth-order valence-electron chi connectivity index (χ4n) is 1.24. The van der Waals surface area contributed by atoms with E-state index in [1.54, 1.807) is 7.11 Å². The quantitative estimate of drug-likeness (QED) is 0.682. The van der Waals surface area contributed by atoms with Crippen molar-refractivity contribution in [2.45, 2.75) is 13.8 Å². The van der Waals surface area contributed by atoms with E-state index < -0.39 is 0 Å². The first-order valence-corrected chi connectivity index (χ1v) is 4.75. The molecule has 1 rings (SSSR count). The van der Waals surface area contributed by atoms with Crippen molar-refractivity contribution in [2.24, 2.45) is 0 Å². The van der Waals surface area contributed by atoms with Gasteiger partial charge in [-0.1, -0.05) is 0 Å². The molecule has 0 aliphatic rings. The second-order valence-corrected chi connectivity index (χ2v) is 2.81. The van der Waals surface area contributed by atoms with Crippen LogP contribution in [0, 0.1) is 0 Å². The second kappa shape index (κ2) is 5.32. The van der Waals surface area contributed by atoms with Gasteiger partial charge in [0.25, 0.3) is 0 Å². The van der Waals surface area contributed by atoms with Crippen molar-refractivity contribution < 1.29 is 9.47 Å². The van der Waals surface area contributed by atoms with Crippen LogP contribution in [0.1, 0.15) is 19.4 Å². The SMILES string of the molecule is C/C=C(/OCC)c1ccc(OC)cc1. The highest BCUT2D eigenvalue weighted by Gasteiger charge is 2.00. The Morgan fingerprint density at radius 1 is 1.29 bits per heavy atom. The molecule has 2 nitrogen and oxygen atoms in total. The Labute approximate surface area is 85.2 Å². The average molecular weight is 192 g/mol. The maximum absolute atomic E-state index is 5.47. The number of ether oxygens (including phenoxy) is 2. The van der Waals surface area contributed by atoms with Gasteiger partial charge < -0.3 is 9.47 Å². The fraction of sp³-hybridized carbons (Fsp3) is 0.333. The van der Waals surface area contributed by atoms with Gasteiger partial charge in [-0.15, -0.1) is 0 Å². The first-order chi connectivity index (χ1) is 6.81. The van der Waals surface area contributed by atoms with Crippen LogP contribution in [0.4, 0.5) is 0 Å². The van der Waals surface area contributed by atoms with Crippen molar-refractivity contribution in [3.63, 3.8) is 0 Å². The van der Waals surface area contributed by atoms with Gasteiger partial charge in [-0.05, 0) is 44.2 Å². The largest absolute Gasteiger partial charge is 0.497 e. The Kier molecular flexibility index (Phi) is 4.05. The highest BCUT2D eigenvalue weighted by atomic mass is 16.5. The monoisotopic (exact) mass is 192 g/mol. The zero-order chi connectivity index (χ0) is 10.4. The van der Waals surface area contributed by atoms with Crippen LogP contribution < -0.4 is 4.74 Å². The van der Waals surface area contributed by atoms with Gasteiger partial charge in [0.1, 0.15) is 11.5 Å². The van der Waals surface area contributed by atoms with E-state index in [1.165, 1.54) is 0 Å². The number of rotatable bonds is 4. The van der Waals surface area contributed by atoms with Gasteiger partial charge in [-0.2, -0.15) is 0 Å². The maximum Gasteiger partial charge on any atom is 0.122 e. The molecule has 0 fully saturated rings. The molecule has 14 heavy (non-hydrogen) atoms. The van der Waals surface area contributed by atoms with Gasteiger partial charge in [-0.3, -0.25) is 0 Å². The van der Waals surface area contributed by atoms with E-state index in [-0.39, 0.29) is 0 Å². The van der Waals surface area contributed by atoms with Crippen LogP contribution in [0.5, 0.6) is 5.75 Å². The summed E-state index contributed by atoms with van der Waals surface area (Å²) in [6.07, 6.45) is 1.96. The van der Waals surface area contributed by atoms with Crippen molar-refractivity contribution in [3.05, 3.63) is 35.9 Å². The minimum Gasteiger partial charge on any atom is -0.497 e. The molecular weight excluding hydrogens is 176 g/mol. The van der Waals surface area contributed by atoms with Gasteiger partial charge in [0.05, 0.1) is 13.7 Å². The van der Waals surface area contributed by atoms with Crippen molar-refractivity contribution in [1.29, 1.82) is 0 Å². The molecule has 0 atom stereocenters.